The summed E-state index contributed by atoms with van der Waals surface area (Å²) in [7, 11) is 1.68. The van der Waals surface area contributed by atoms with Crippen LogP contribution in [0, 0.1) is 0 Å². The van der Waals surface area contributed by atoms with E-state index in [0.29, 0.717) is 0 Å². The van der Waals surface area contributed by atoms with E-state index < -0.39 is 0 Å². The second kappa shape index (κ2) is 6.70. The maximum Gasteiger partial charge on any atom is 0.135 e. The smallest absolute Gasteiger partial charge is 0.135 e. The predicted octanol–water partition coefficient (Wildman–Crippen LogP) is 6.31. The Morgan fingerprint density at radius 1 is 0.600 bits per heavy atom. The van der Waals surface area contributed by atoms with E-state index in [-0.39, 0.29) is 0 Å². The third-order valence-electron chi connectivity index (χ3n) is 4.24. The van der Waals surface area contributed by atoms with E-state index in [1.807, 2.05) is 48.5 Å². The molecule has 0 spiro atoms. The van der Waals surface area contributed by atoms with Crippen molar-refractivity contribution in [1.82, 2.24) is 0 Å². The number of rotatable bonds is 4. The highest BCUT2D eigenvalue weighted by molar-refractivity contribution is 5.98. The fourth-order valence-electron chi connectivity index (χ4n) is 3.01. The SMILES string of the molecule is COc1ccc(Oc2ccccc2)c(-c2cccc3ccccc23)c1. The standard InChI is InChI=1S/C23H18O2/c1-24-19-14-15-23(25-18-10-3-2-4-11-18)22(16-19)21-13-7-9-17-8-5-6-12-20(17)21/h2-16H,1H3. The van der Waals surface area contributed by atoms with Crippen LogP contribution in [0.1, 0.15) is 0 Å². The van der Waals surface area contributed by atoms with Crippen molar-refractivity contribution >= 4 is 10.8 Å². The largest absolute Gasteiger partial charge is 0.497 e. The first-order valence-corrected chi connectivity index (χ1v) is 8.24. The molecule has 0 bridgehead atoms. The number of hydrogen-bond acceptors (Lipinski definition) is 2. The highest BCUT2D eigenvalue weighted by Gasteiger charge is 2.12. The predicted molar refractivity (Wildman–Crippen MR) is 102 cm³/mol. The highest BCUT2D eigenvalue weighted by atomic mass is 16.5. The third kappa shape index (κ3) is 3.07. The normalized spacial score (nSPS) is 10.6. The lowest BCUT2D eigenvalue weighted by Gasteiger charge is -2.14. The average molecular weight is 326 g/mol. The van der Waals surface area contributed by atoms with Gasteiger partial charge in [-0.1, -0.05) is 60.7 Å². The molecule has 0 N–H and O–H groups in total. The van der Waals surface area contributed by atoms with Gasteiger partial charge in [-0.05, 0) is 46.7 Å². The van der Waals surface area contributed by atoms with Gasteiger partial charge in [0, 0.05) is 5.56 Å². The number of hydrogen-bond donors (Lipinski definition) is 0. The fraction of sp³-hybridized carbons (Fsp3) is 0.0435. The Morgan fingerprint density at radius 3 is 2.20 bits per heavy atom. The minimum absolute atomic E-state index is 0.809. The summed E-state index contributed by atoms with van der Waals surface area (Å²) in [5.41, 5.74) is 2.14. The summed E-state index contributed by atoms with van der Waals surface area (Å²) >= 11 is 0. The molecule has 0 atom stereocenters. The molecular formula is C23H18O2. The Hall–Kier alpha value is -3.26. The molecule has 4 aromatic rings. The lowest BCUT2D eigenvalue weighted by atomic mass is 9.97. The highest BCUT2D eigenvalue weighted by Crippen LogP contribution is 2.39. The van der Waals surface area contributed by atoms with Crippen molar-refractivity contribution in [3.63, 3.8) is 0 Å². The molecule has 4 aromatic carbocycles. The molecule has 0 saturated carbocycles. The van der Waals surface area contributed by atoms with Crippen LogP contribution in [-0.4, -0.2) is 7.11 Å². The van der Waals surface area contributed by atoms with Gasteiger partial charge in [-0.3, -0.25) is 0 Å². The van der Waals surface area contributed by atoms with E-state index in [0.717, 1.165) is 28.4 Å². The van der Waals surface area contributed by atoms with Crippen LogP contribution in [0.15, 0.2) is 91.0 Å². The van der Waals surface area contributed by atoms with Crippen LogP contribution in [0.25, 0.3) is 21.9 Å². The monoisotopic (exact) mass is 326 g/mol. The molecule has 25 heavy (non-hydrogen) atoms. The number of methoxy groups -OCH3 is 1. The van der Waals surface area contributed by atoms with E-state index in [2.05, 4.69) is 42.5 Å². The van der Waals surface area contributed by atoms with E-state index in [1.54, 1.807) is 7.11 Å². The molecule has 0 heterocycles. The van der Waals surface area contributed by atoms with Crippen LogP contribution in [0.3, 0.4) is 0 Å². The van der Waals surface area contributed by atoms with Crippen molar-refractivity contribution in [2.45, 2.75) is 0 Å². The maximum absolute atomic E-state index is 6.16. The van der Waals surface area contributed by atoms with Crippen LogP contribution in [0.5, 0.6) is 17.2 Å². The molecule has 122 valence electrons. The summed E-state index contributed by atoms with van der Waals surface area (Å²) in [6, 6.07) is 30.4. The van der Waals surface area contributed by atoms with Crippen molar-refractivity contribution in [1.29, 1.82) is 0 Å². The molecule has 2 nitrogen and oxygen atoms in total. The van der Waals surface area contributed by atoms with Crippen LogP contribution >= 0.6 is 0 Å². The summed E-state index contributed by atoms with van der Waals surface area (Å²) in [5, 5.41) is 2.39. The van der Waals surface area contributed by atoms with Gasteiger partial charge in [-0.2, -0.15) is 0 Å². The zero-order valence-corrected chi connectivity index (χ0v) is 14.0. The quantitative estimate of drug-likeness (QED) is 0.437. The Balaban J connectivity index is 1.89. The van der Waals surface area contributed by atoms with Crippen molar-refractivity contribution in [3.8, 4) is 28.4 Å². The summed E-state index contributed by atoms with van der Waals surface area (Å²) in [4.78, 5) is 0. The van der Waals surface area contributed by atoms with Gasteiger partial charge in [-0.15, -0.1) is 0 Å². The number of fused-ring (bicyclic) bond motifs is 1. The van der Waals surface area contributed by atoms with Crippen LogP contribution in [-0.2, 0) is 0 Å². The zero-order chi connectivity index (χ0) is 17.1. The van der Waals surface area contributed by atoms with Gasteiger partial charge in [0.25, 0.3) is 0 Å². The average Bonchev–Trinajstić information content (AvgIpc) is 2.69. The van der Waals surface area contributed by atoms with Gasteiger partial charge in [0.05, 0.1) is 7.11 Å². The molecular weight excluding hydrogens is 308 g/mol. The van der Waals surface area contributed by atoms with Crippen molar-refractivity contribution < 1.29 is 9.47 Å². The fourth-order valence-corrected chi connectivity index (χ4v) is 3.01. The number of para-hydroxylation sites is 1. The minimum Gasteiger partial charge on any atom is -0.497 e. The minimum atomic E-state index is 0.809. The molecule has 0 aromatic heterocycles. The molecule has 0 amide bonds. The topological polar surface area (TPSA) is 18.5 Å². The van der Waals surface area contributed by atoms with E-state index in [4.69, 9.17) is 9.47 Å². The lowest BCUT2D eigenvalue weighted by molar-refractivity contribution is 0.413. The van der Waals surface area contributed by atoms with Gasteiger partial charge >= 0.3 is 0 Å². The summed E-state index contributed by atoms with van der Waals surface area (Å²) in [6.07, 6.45) is 0. The second-order valence-electron chi connectivity index (χ2n) is 5.80. The molecule has 0 saturated heterocycles. The van der Waals surface area contributed by atoms with Gasteiger partial charge < -0.3 is 9.47 Å². The summed E-state index contributed by atoms with van der Waals surface area (Å²) < 4.78 is 11.6. The van der Waals surface area contributed by atoms with Gasteiger partial charge in [0.1, 0.15) is 17.2 Å². The van der Waals surface area contributed by atoms with Crippen LogP contribution in [0.2, 0.25) is 0 Å². The van der Waals surface area contributed by atoms with Crippen molar-refractivity contribution in [2.24, 2.45) is 0 Å². The van der Waals surface area contributed by atoms with E-state index in [1.165, 1.54) is 10.8 Å². The molecule has 0 aliphatic rings. The van der Waals surface area contributed by atoms with E-state index in [9.17, 15) is 0 Å². The first kappa shape index (κ1) is 15.3. The van der Waals surface area contributed by atoms with Crippen molar-refractivity contribution in [3.05, 3.63) is 91.0 Å². The van der Waals surface area contributed by atoms with Gasteiger partial charge in [-0.25, -0.2) is 0 Å². The third-order valence-corrected chi connectivity index (χ3v) is 4.24. The molecule has 0 aliphatic heterocycles. The Morgan fingerprint density at radius 2 is 1.36 bits per heavy atom. The van der Waals surface area contributed by atoms with Crippen molar-refractivity contribution in [2.75, 3.05) is 7.11 Å². The lowest BCUT2D eigenvalue weighted by Crippen LogP contribution is -1.91. The second-order valence-corrected chi connectivity index (χ2v) is 5.80. The summed E-state index contributed by atoms with van der Waals surface area (Å²) in [5.74, 6) is 2.43. The van der Waals surface area contributed by atoms with Gasteiger partial charge in [0.15, 0.2) is 0 Å². The van der Waals surface area contributed by atoms with Gasteiger partial charge in [0.2, 0.25) is 0 Å². The zero-order valence-electron chi connectivity index (χ0n) is 14.0. The number of benzene rings is 4. The van der Waals surface area contributed by atoms with E-state index >= 15 is 0 Å². The maximum atomic E-state index is 6.16. The molecule has 2 heteroatoms. The summed E-state index contributed by atoms with van der Waals surface area (Å²) in [6.45, 7) is 0. The first-order valence-electron chi connectivity index (χ1n) is 8.24. The molecule has 0 unspecified atom stereocenters. The Labute approximate surface area is 147 Å². The Kier molecular flexibility index (Phi) is 4.09. The van der Waals surface area contributed by atoms with Crippen LogP contribution < -0.4 is 9.47 Å². The molecule has 0 fully saturated rings. The molecule has 0 radical (unpaired) electrons. The molecule has 0 aliphatic carbocycles. The Bertz CT molecular complexity index is 1000. The van der Waals surface area contributed by atoms with Crippen LogP contribution in [0.4, 0.5) is 0 Å². The molecule has 4 rings (SSSR count). The number of ether oxygens (including phenoxy) is 2. The first-order chi connectivity index (χ1) is 12.3.